The van der Waals surface area contributed by atoms with Gasteiger partial charge < -0.3 is 9.64 Å². The molecule has 1 amide bonds. The minimum absolute atomic E-state index is 0.286. The lowest BCUT2D eigenvalue weighted by atomic mass is 9.93. The second-order valence-electron chi connectivity index (χ2n) is 8.06. The van der Waals surface area contributed by atoms with Gasteiger partial charge in [0, 0.05) is 30.3 Å². The zero-order valence-corrected chi connectivity index (χ0v) is 18.7. The maximum absolute atomic E-state index is 13.6. The van der Waals surface area contributed by atoms with Crippen LogP contribution >= 0.6 is 0 Å². The molecule has 2 aromatic rings. The first kappa shape index (κ1) is 23.1. The van der Waals surface area contributed by atoms with Crippen molar-refractivity contribution in [3.63, 3.8) is 0 Å². The van der Waals surface area contributed by atoms with E-state index in [1.54, 1.807) is 36.9 Å². The van der Waals surface area contributed by atoms with Crippen LogP contribution in [-0.4, -0.2) is 55.4 Å². The van der Waals surface area contributed by atoms with Crippen LogP contribution in [-0.2, 0) is 21.2 Å². The third kappa shape index (κ3) is 6.48. The van der Waals surface area contributed by atoms with Gasteiger partial charge in [0.1, 0.15) is 5.82 Å². The van der Waals surface area contributed by atoms with Crippen molar-refractivity contribution in [2.24, 2.45) is 0 Å². The highest BCUT2D eigenvalue weighted by atomic mass is 32.2. The molecule has 1 aromatic heterocycles. The van der Waals surface area contributed by atoms with Crippen LogP contribution in [0.2, 0.25) is 0 Å². The molecule has 0 spiro atoms. The normalized spacial score (nSPS) is 19.5. The molecule has 2 atom stereocenters. The fourth-order valence-corrected chi connectivity index (χ4v) is 4.66. The summed E-state index contributed by atoms with van der Waals surface area (Å²) in [6, 6.07) is 10.7. The Bertz CT molecular complexity index is 1030. The summed E-state index contributed by atoms with van der Waals surface area (Å²) >= 11 is 0. The van der Waals surface area contributed by atoms with E-state index in [4.69, 9.17) is 4.74 Å². The number of benzene rings is 1. The van der Waals surface area contributed by atoms with Gasteiger partial charge in [-0.05, 0) is 51.0 Å². The zero-order chi connectivity index (χ0) is 22.6. The molecule has 0 aliphatic carbocycles. The van der Waals surface area contributed by atoms with Crippen LogP contribution in [0.15, 0.2) is 42.5 Å². The monoisotopic (exact) mass is 449 g/mol. The van der Waals surface area contributed by atoms with Crippen LogP contribution in [0.3, 0.4) is 0 Å². The lowest BCUT2D eigenvalue weighted by molar-refractivity contribution is 0.0459. The van der Waals surface area contributed by atoms with Crippen molar-refractivity contribution in [1.82, 2.24) is 14.6 Å². The minimum atomic E-state index is -3.47. The fraction of sp³-hybridized carbons (Fsp3) is 0.455. The largest absolute Gasteiger partial charge is 0.447 e. The number of rotatable bonds is 6. The van der Waals surface area contributed by atoms with E-state index < -0.39 is 28.2 Å². The summed E-state index contributed by atoms with van der Waals surface area (Å²) in [5.41, 5.74) is 1.93. The number of carbonyl (C=O) groups is 1. The number of ether oxygens (including phenoxy) is 1. The van der Waals surface area contributed by atoms with E-state index in [9.17, 15) is 17.6 Å². The Morgan fingerprint density at radius 2 is 2.03 bits per heavy atom. The van der Waals surface area contributed by atoms with Gasteiger partial charge in [0.15, 0.2) is 0 Å². The molecule has 3 rings (SSSR count). The van der Waals surface area contributed by atoms with E-state index in [-0.39, 0.29) is 11.9 Å². The van der Waals surface area contributed by atoms with E-state index in [0.29, 0.717) is 42.8 Å². The number of sulfonamides is 1. The van der Waals surface area contributed by atoms with Crippen molar-refractivity contribution in [3.05, 3.63) is 54.0 Å². The Kier molecular flexibility index (Phi) is 7.27. The lowest BCUT2D eigenvalue weighted by Crippen LogP contribution is -2.58. The summed E-state index contributed by atoms with van der Waals surface area (Å²) in [7, 11) is -3.47. The Hall–Kier alpha value is -2.52. The molecule has 168 valence electrons. The average molecular weight is 450 g/mol. The average Bonchev–Trinajstić information content (AvgIpc) is 2.68. The molecular formula is C22H28FN3O4S. The highest BCUT2D eigenvalue weighted by Crippen LogP contribution is 2.24. The molecule has 1 saturated heterocycles. The highest BCUT2D eigenvalue weighted by Gasteiger charge is 2.37. The number of amides is 1. The standard InChI is InChI=1S/C22H28FN3O4S/c1-15(2)30-22(27)26-12-6-11-20(25-31(3,28)29)21(26)14-18-9-5-10-19(24-18)16-7-4-8-17(23)13-16/h4-5,7-10,13,15,20-21,25H,6,11-12,14H2,1-3H3/t20-,21-/m0/s1. The summed E-state index contributed by atoms with van der Waals surface area (Å²) in [4.78, 5) is 18.9. The summed E-state index contributed by atoms with van der Waals surface area (Å²) in [6.45, 7) is 4.02. The number of carbonyl (C=O) groups excluding carboxylic acids is 1. The van der Waals surface area contributed by atoms with Crippen molar-refractivity contribution < 1.29 is 22.3 Å². The van der Waals surface area contributed by atoms with Crippen LogP contribution in [0.25, 0.3) is 11.3 Å². The molecule has 1 N–H and O–H groups in total. The Labute approximate surface area is 182 Å². The number of nitrogens with one attached hydrogen (secondary N) is 1. The molecular weight excluding hydrogens is 421 g/mol. The Balaban J connectivity index is 1.90. The van der Waals surface area contributed by atoms with E-state index in [0.717, 1.165) is 6.26 Å². The van der Waals surface area contributed by atoms with E-state index in [1.165, 1.54) is 12.1 Å². The van der Waals surface area contributed by atoms with Gasteiger partial charge in [-0.3, -0.25) is 4.98 Å². The Morgan fingerprint density at radius 1 is 1.29 bits per heavy atom. The third-order valence-corrected chi connectivity index (χ3v) is 5.79. The maximum Gasteiger partial charge on any atom is 0.410 e. The molecule has 9 heteroatoms. The first-order valence-corrected chi connectivity index (χ1v) is 12.2. The van der Waals surface area contributed by atoms with E-state index in [2.05, 4.69) is 9.71 Å². The van der Waals surface area contributed by atoms with Crippen LogP contribution < -0.4 is 4.72 Å². The molecule has 0 radical (unpaired) electrons. The smallest absolute Gasteiger partial charge is 0.410 e. The SMILES string of the molecule is CC(C)OC(=O)N1CCC[C@H](NS(C)(=O)=O)[C@@H]1Cc1cccc(-c2cccc(F)c2)n1. The van der Waals surface area contributed by atoms with Crippen LogP contribution in [0.5, 0.6) is 0 Å². The summed E-state index contributed by atoms with van der Waals surface area (Å²) < 4.78 is 45.5. The number of aromatic nitrogens is 1. The van der Waals surface area contributed by atoms with Crippen LogP contribution in [0, 0.1) is 5.82 Å². The predicted octanol–water partition coefficient (Wildman–Crippen LogP) is 3.36. The minimum Gasteiger partial charge on any atom is -0.447 e. The van der Waals surface area contributed by atoms with Gasteiger partial charge >= 0.3 is 6.09 Å². The van der Waals surface area contributed by atoms with Gasteiger partial charge in [0.25, 0.3) is 0 Å². The number of pyridine rings is 1. The van der Waals surface area contributed by atoms with Crippen molar-refractivity contribution in [2.75, 3.05) is 12.8 Å². The molecule has 7 nitrogen and oxygen atoms in total. The molecule has 1 aliphatic heterocycles. The molecule has 31 heavy (non-hydrogen) atoms. The summed E-state index contributed by atoms with van der Waals surface area (Å²) in [5, 5.41) is 0. The van der Waals surface area contributed by atoms with Crippen molar-refractivity contribution >= 4 is 16.1 Å². The first-order chi connectivity index (χ1) is 14.6. The van der Waals surface area contributed by atoms with Gasteiger partial charge in [-0.15, -0.1) is 0 Å². The number of halogens is 1. The van der Waals surface area contributed by atoms with Crippen molar-refractivity contribution in [3.8, 4) is 11.3 Å². The maximum atomic E-state index is 13.6. The molecule has 0 saturated carbocycles. The van der Waals surface area contributed by atoms with Crippen molar-refractivity contribution in [2.45, 2.75) is 51.3 Å². The zero-order valence-electron chi connectivity index (χ0n) is 17.9. The van der Waals surface area contributed by atoms with E-state index >= 15 is 0 Å². The lowest BCUT2D eigenvalue weighted by Gasteiger charge is -2.40. The highest BCUT2D eigenvalue weighted by molar-refractivity contribution is 7.88. The van der Waals surface area contributed by atoms with Gasteiger partial charge in [-0.1, -0.05) is 18.2 Å². The molecule has 1 aromatic carbocycles. The number of hydrogen-bond donors (Lipinski definition) is 1. The number of nitrogens with zero attached hydrogens (tertiary/aromatic N) is 2. The summed E-state index contributed by atoms with van der Waals surface area (Å²) in [6.07, 6.45) is 1.95. The topological polar surface area (TPSA) is 88.6 Å². The molecule has 0 unspecified atom stereocenters. The van der Waals surface area contributed by atoms with Crippen LogP contribution in [0.1, 0.15) is 32.4 Å². The van der Waals surface area contributed by atoms with E-state index in [1.807, 2.05) is 12.1 Å². The molecule has 1 fully saturated rings. The van der Waals surface area contributed by atoms with Crippen LogP contribution in [0.4, 0.5) is 9.18 Å². The second kappa shape index (κ2) is 9.74. The van der Waals surface area contributed by atoms with Gasteiger partial charge in [0.05, 0.1) is 24.1 Å². The predicted molar refractivity (Wildman–Crippen MR) is 116 cm³/mol. The van der Waals surface area contributed by atoms with Crippen molar-refractivity contribution in [1.29, 1.82) is 0 Å². The fourth-order valence-electron chi connectivity index (χ4n) is 3.83. The van der Waals surface area contributed by atoms with Gasteiger partial charge in [-0.25, -0.2) is 22.3 Å². The summed E-state index contributed by atoms with van der Waals surface area (Å²) in [5.74, 6) is -0.350. The van der Waals surface area contributed by atoms with Gasteiger partial charge in [0.2, 0.25) is 10.0 Å². The third-order valence-electron chi connectivity index (χ3n) is 5.06. The quantitative estimate of drug-likeness (QED) is 0.731. The molecule has 1 aliphatic rings. The first-order valence-electron chi connectivity index (χ1n) is 10.3. The number of piperidine rings is 1. The second-order valence-corrected chi connectivity index (χ2v) is 9.84. The molecule has 2 heterocycles. The number of hydrogen-bond acceptors (Lipinski definition) is 5. The van der Waals surface area contributed by atoms with Gasteiger partial charge in [-0.2, -0.15) is 0 Å². The Morgan fingerprint density at radius 3 is 2.71 bits per heavy atom. The molecule has 0 bridgehead atoms. The number of likely N-dealkylation sites (tertiary alicyclic amines) is 1.